The number of halogens is 4. The average Bonchev–Trinajstić information content (AvgIpc) is 1.62. The predicted molar refractivity (Wildman–Crippen MR) is 19.8 cm³/mol. The maximum atomic E-state index is 11.1. The van der Waals surface area contributed by atoms with Crippen LogP contribution in [-0.2, 0) is 0 Å². The van der Waals surface area contributed by atoms with Gasteiger partial charge in [-0.3, -0.25) is 0 Å². The summed E-state index contributed by atoms with van der Waals surface area (Å²) in [6, 6.07) is 0. The number of nitrogens with zero attached hydrogens (tertiary/aromatic N) is 1. The van der Waals surface area contributed by atoms with Crippen molar-refractivity contribution >= 4 is 0 Å². The first kappa shape index (κ1) is 7.68. The highest BCUT2D eigenvalue weighted by Gasteiger charge is 2.33. The molecule has 5 heteroatoms. The Morgan fingerprint density at radius 1 is 1.38 bits per heavy atom. The molecule has 0 aliphatic rings. The topological polar surface area (TPSA) is 3.24 Å². The van der Waals surface area contributed by atoms with Crippen LogP contribution in [0.1, 0.15) is 0 Å². The van der Waals surface area contributed by atoms with Crippen LogP contribution in [0.4, 0.5) is 17.6 Å². The molecule has 8 heavy (non-hydrogen) atoms. The summed E-state index contributed by atoms with van der Waals surface area (Å²) < 4.78 is 44.5. The third-order valence-corrected chi connectivity index (χ3v) is 0.612. The van der Waals surface area contributed by atoms with Crippen LogP contribution in [0.5, 0.6) is 0 Å². The van der Waals surface area contributed by atoms with Crippen LogP contribution in [0, 0.1) is 0 Å². The molecule has 0 rings (SSSR count). The second kappa shape index (κ2) is 2.30. The van der Waals surface area contributed by atoms with Crippen LogP contribution in [0.2, 0.25) is 0 Å². The largest absolute Gasteiger partial charge is 0.461 e. The molecule has 0 radical (unpaired) electrons. The lowest BCUT2D eigenvalue weighted by Gasteiger charge is -2.14. The fourth-order valence-corrected chi connectivity index (χ4v) is 0.0678. The standard InChI is InChI=1S/C3H5F4N/c1-8(2-4)3(5,6)7/h2H2,1H3. The van der Waals surface area contributed by atoms with E-state index in [1.807, 2.05) is 0 Å². The number of alkyl halides is 4. The molecule has 0 atom stereocenters. The first-order valence-corrected chi connectivity index (χ1v) is 1.82. The molecule has 0 aliphatic carbocycles. The molecule has 0 aromatic heterocycles. The number of rotatable bonds is 1. The molecule has 50 valence electrons. The van der Waals surface area contributed by atoms with Gasteiger partial charge < -0.3 is 0 Å². The van der Waals surface area contributed by atoms with Gasteiger partial charge in [-0.25, -0.2) is 4.39 Å². The molecule has 0 saturated heterocycles. The molecule has 0 spiro atoms. The minimum atomic E-state index is -4.53. The maximum Gasteiger partial charge on any atom is 0.461 e. The van der Waals surface area contributed by atoms with Crippen molar-refractivity contribution in [3.63, 3.8) is 0 Å². The summed E-state index contributed by atoms with van der Waals surface area (Å²) in [6.45, 7) is -1.50. The molecule has 0 amide bonds. The molecule has 0 unspecified atom stereocenters. The van der Waals surface area contributed by atoms with E-state index in [-0.39, 0.29) is 4.90 Å². The molecule has 0 heterocycles. The first-order chi connectivity index (χ1) is 3.48. The van der Waals surface area contributed by atoms with Crippen molar-refractivity contribution in [3.05, 3.63) is 0 Å². The van der Waals surface area contributed by atoms with Crippen LogP contribution in [0.15, 0.2) is 0 Å². The average molecular weight is 131 g/mol. The summed E-state index contributed by atoms with van der Waals surface area (Å²) in [5, 5.41) is 0. The van der Waals surface area contributed by atoms with Crippen LogP contribution >= 0.6 is 0 Å². The first-order valence-electron chi connectivity index (χ1n) is 1.82. The lowest BCUT2D eigenvalue weighted by molar-refractivity contribution is -0.245. The molecule has 0 aromatic rings. The van der Waals surface area contributed by atoms with E-state index < -0.39 is 13.1 Å². The molecular weight excluding hydrogens is 126 g/mol. The van der Waals surface area contributed by atoms with Crippen molar-refractivity contribution < 1.29 is 17.6 Å². The molecule has 1 nitrogen and oxygen atoms in total. The Morgan fingerprint density at radius 2 is 1.75 bits per heavy atom. The van der Waals surface area contributed by atoms with Crippen molar-refractivity contribution in [2.45, 2.75) is 6.30 Å². The summed E-state index contributed by atoms with van der Waals surface area (Å²) >= 11 is 0. The maximum absolute atomic E-state index is 11.1. The van der Waals surface area contributed by atoms with Crippen molar-refractivity contribution in [2.24, 2.45) is 0 Å². The van der Waals surface area contributed by atoms with Crippen LogP contribution in [0.3, 0.4) is 0 Å². The number of hydrogen-bond donors (Lipinski definition) is 0. The zero-order valence-electron chi connectivity index (χ0n) is 4.17. The Morgan fingerprint density at radius 3 is 1.75 bits per heavy atom. The van der Waals surface area contributed by atoms with Crippen molar-refractivity contribution in [1.29, 1.82) is 0 Å². The molecule has 0 N–H and O–H groups in total. The van der Waals surface area contributed by atoms with Crippen molar-refractivity contribution in [3.8, 4) is 0 Å². The predicted octanol–water partition coefficient (Wildman–Crippen LogP) is 1.37. The molecule has 0 fully saturated rings. The van der Waals surface area contributed by atoms with Crippen LogP contribution in [-0.4, -0.2) is 25.0 Å². The minimum absolute atomic E-state index is 0.354. The van der Waals surface area contributed by atoms with E-state index in [0.717, 1.165) is 0 Å². The van der Waals surface area contributed by atoms with Gasteiger partial charge in [-0.15, -0.1) is 0 Å². The summed E-state index contributed by atoms with van der Waals surface area (Å²) in [5.41, 5.74) is 0. The van der Waals surface area contributed by atoms with E-state index in [0.29, 0.717) is 7.05 Å². The lowest BCUT2D eigenvalue weighted by atomic mass is 10.9. The van der Waals surface area contributed by atoms with E-state index in [9.17, 15) is 17.6 Å². The van der Waals surface area contributed by atoms with Gasteiger partial charge in [0.05, 0.1) is 0 Å². The summed E-state index contributed by atoms with van der Waals surface area (Å²) in [7, 11) is 0.639. The van der Waals surface area contributed by atoms with E-state index in [4.69, 9.17) is 0 Å². The quantitative estimate of drug-likeness (QED) is 0.383. The highest BCUT2D eigenvalue weighted by Crippen LogP contribution is 2.17. The Labute approximate surface area is 43.9 Å². The van der Waals surface area contributed by atoms with Gasteiger partial charge in [0.15, 0.2) is 0 Å². The van der Waals surface area contributed by atoms with Gasteiger partial charge in [0.1, 0.15) is 6.80 Å². The van der Waals surface area contributed by atoms with E-state index in [1.165, 1.54) is 0 Å². The molecule has 0 saturated carbocycles. The van der Waals surface area contributed by atoms with E-state index >= 15 is 0 Å². The second-order valence-electron chi connectivity index (χ2n) is 1.29. The summed E-state index contributed by atoms with van der Waals surface area (Å²) in [4.78, 5) is -0.354. The molecule has 0 aromatic carbocycles. The van der Waals surface area contributed by atoms with Crippen LogP contribution < -0.4 is 0 Å². The molecular formula is C3H5F4N. The Bertz CT molecular complexity index is 68.2. The van der Waals surface area contributed by atoms with Crippen molar-refractivity contribution in [2.75, 3.05) is 13.8 Å². The third kappa shape index (κ3) is 2.11. The number of hydrogen-bond acceptors (Lipinski definition) is 1. The summed E-state index contributed by atoms with van der Waals surface area (Å²) in [6.07, 6.45) is -4.53. The van der Waals surface area contributed by atoms with Gasteiger partial charge in [0.2, 0.25) is 0 Å². The van der Waals surface area contributed by atoms with Gasteiger partial charge in [-0.05, 0) is 7.05 Å². The van der Waals surface area contributed by atoms with Crippen molar-refractivity contribution in [1.82, 2.24) is 4.90 Å². The normalized spacial score (nSPS) is 12.8. The molecule has 0 aliphatic heterocycles. The van der Waals surface area contributed by atoms with Gasteiger partial charge in [-0.1, -0.05) is 0 Å². The van der Waals surface area contributed by atoms with Gasteiger partial charge in [0.25, 0.3) is 0 Å². The third-order valence-electron chi connectivity index (χ3n) is 0.612. The zero-order chi connectivity index (χ0) is 6.78. The lowest BCUT2D eigenvalue weighted by Crippen LogP contribution is -2.33. The van der Waals surface area contributed by atoms with Crippen LogP contribution in [0.25, 0.3) is 0 Å². The van der Waals surface area contributed by atoms with E-state index in [1.54, 1.807) is 0 Å². The Kier molecular flexibility index (Phi) is 2.21. The van der Waals surface area contributed by atoms with E-state index in [2.05, 4.69) is 0 Å². The smallest absolute Gasteiger partial charge is 0.234 e. The SMILES string of the molecule is CN(CF)C(F)(F)F. The Hall–Kier alpha value is -0.320. The highest BCUT2D eigenvalue weighted by atomic mass is 19.4. The van der Waals surface area contributed by atoms with Gasteiger partial charge >= 0.3 is 6.30 Å². The fourth-order valence-electron chi connectivity index (χ4n) is 0.0678. The second-order valence-corrected chi connectivity index (χ2v) is 1.29. The minimum Gasteiger partial charge on any atom is -0.234 e. The monoisotopic (exact) mass is 131 g/mol. The Balaban J connectivity index is 3.62. The highest BCUT2D eigenvalue weighted by molar-refractivity contribution is 4.43. The van der Waals surface area contributed by atoms with Gasteiger partial charge in [0, 0.05) is 0 Å². The van der Waals surface area contributed by atoms with Gasteiger partial charge in [-0.2, -0.15) is 18.1 Å². The molecule has 0 bridgehead atoms. The summed E-state index contributed by atoms with van der Waals surface area (Å²) in [5.74, 6) is 0. The fraction of sp³-hybridized carbons (Fsp3) is 1.00. The zero-order valence-corrected chi connectivity index (χ0v) is 4.17.